The second-order valence-corrected chi connectivity index (χ2v) is 7.61. The predicted octanol–water partition coefficient (Wildman–Crippen LogP) is 3.99. The summed E-state index contributed by atoms with van der Waals surface area (Å²) in [6.45, 7) is 5.64. The quantitative estimate of drug-likeness (QED) is 0.669. The fraction of sp³-hybridized carbons (Fsp3) is 0.286. The lowest BCUT2D eigenvalue weighted by Crippen LogP contribution is -2.38. The molecule has 2 aromatic carbocycles. The smallest absolute Gasteiger partial charge is 0.255 e. The number of morpholine rings is 1. The molecular formula is C21H22BrN3O2. The van der Waals surface area contributed by atoms with Crippen LogP contribution in [0.4, 0.5) is 5.69 Å². The minimum absolute atomic E-state index is 0.103. The van der Waals surface area contributed by atoms with Crippen molar-refractivity contribution in [2.75, 3.05) is 38.2 Å². The van der Waals surface area contributed by atoms with Gasteiger partial charge >= 0.3 is 0 Å². The SMILES string of the molecule is O=C(Nc1ccc2c(ccn2CCN2CCOCC2)c1)c1ccc(Br)cc1. The van der Waals surface area contributed by atoms with Crippen LogP contribution >= 0.6 is 15.9 Å². The molecular weight excluding hydrogens is 406 g/mol. The van der Waals surface area contributed by atoms with Crippen molar-refractivity contribution in [2.24, 2.45) is 0 Å². The summed E-state index contributed by atoms with van der Waals surface area (Å²) >= 11 is 3.39. The van der Waals surface area contributed by atoms with Crippen LogP contribution in [0.5, 0.6) is 0 Å². The zero-order chi connectivity index (χ0) is 18.6. The highest BCUT2D eigenvalue weighted by atomic mass is 79.9. The van der Waals surface area contributed by atoms with Crippen LogP contribution < -0.4 is 5.32 Å². The largest absolute Gasteiger partial charge is 0.379 e. The number of hydrogen-bond donors (Lipinski definition) is 1. The average molecular weight is 428 g/mol. The number of hydrogen-bond acceptors (Lipinski definition) is 3. The van der Waals surface area contributed by atoms with E-state index in [0.29, 0.717) is 5.56 Å². The van der Waals surface area contributed by atoms with Gasteiger partial charge in [-0.25, -0.2) is 0 Å². The maximum atomic E-state index is 12.4. The molecule has 1 saturated heterocycles. The fourth-order valence-electron chi connectivity index (χ4n) is 3.35. The monoisotopic (exact) mass is 427 g/mol. The van der Waals surface area contributed by atoms with Crippen LogP contribution in [-0.2, 0) is 11.3 Å². The maximum absolute atomic E-state index is 12.4. The molecule has 1 aliphatic heterocycles. The molecule has 6 heteroatoms. The van der Waals surface area contributed by atoms with Crippen molar-refractivity contribution >= 4 is 38.4 Å². The van der Waals surface area contributed by atoms with Gasteiger partial charge in [0.15, 0.2) is 0 Å². The van der Waals surface area contributed by atoms with Gasteiger partial charge in [0.1, 0.15) is 0 Å². The number of benzene rings is 2. The number of anilines is 1. The molecule has 140 valence electrons. The summed E-state index contributed by atoms with van der Waals surface area (Å²) in [5.74, 6) is -0.103. The molecule has 0 atom stereocenters. The average Bonchev–Trinajstić information content (AvgIpc) is 3.10. The second kappa shape index (κ2) is 8.25. The van der Waals surface area contributed by atoms with E-state index in [-0.39, 0.29) is 5.91 Å². The van der Waals surface area contributed by atoms with Gasteiger partial charge in [-0.1, -0.05) is 15.9 Å². The normalized spacial score (nSPS) is 15.1. The van der Waals surface area contributed by atoms with E-state index in [9.17, 15) is 4.79 Å². The van der Waals surface area contributed by atoms with E-state index >= 15 is 0 Å². The molecule has 0 bridgehead atoms. The number of nitrogens with one attached hydrogen (secondary N) is 1. The summed E-state index contributed by atoms with van der Waals surface area (Å²) < 4.78 is 8.63. The van der Waals surface area contributed by atoms with E-state index in [1.807, 2.05) is 24.3 Å². The molecule has 4 rings (SSSR count). The van der Waals surface area contributed by atoms with E-state index < -0.39 is 0 Å². The van der Waals surface area contributed by atoms with Gasteiger partial charge in [0.25, 0.3) is 5.91 Å². The first-order valence-electron chi connectivity index (χ1n) is 9.15. The van der Waals surface area contributed by atoms with Crippen LogP contribution in [0.15, 0.2) is 59.2 Å². The third-order valence-corrected chi connectivity index (χ3v) is 5.42. The zero-order valence-corrected chi connectivity index (χ0v) is 16.6. The standard InChI is InChI=1S/C21H22BrN3O2/c22-18-3-1-16(2-4-18)21(26)23-19-5-6-20-17(15-19)7-8-25(20)10-9-24-11-13-27-14-12-24/h1-8,15H,9-14H2,(H,23,26). The second-order valence-electron chi connectivity index (χ2n) is 6.70. The zero-order valence-electron chi connectivity index (χ0n) is 15.0. The van der Waals surface area contributed by atoms with Gasteiger partial charge in [-0.05, 0) is 48.5 Å². The Kier molecular flexibility index (Phi) is 5.57. The van der Waals surface area contributed by atoms with Gasteiger partial charge < -0.3 is 14.6 Å². The first kappa shape index (κ1) is 18.2. The molecule has 1 aromatic heterocycles. The summed E-state index contributed by atoms with van der Waals surface area (Å²) in [6, 6.07) is 15.5. The van der Waals surface area contributed by atoms with Gasteiger partial charge in [0, 0.05) is 59.0 Å². The van der Waals surface area contributed by atoms with E-state index in [1.54, 1.807) is 12.1 Å². The van der Waals surface area contributed by atoms with Crippen molar-refractivity contribution in [3.8, 4) is 0 Å². The van der Waals surface area contributed by atoms with Crippen LogP contribution in [-0.4, -0.2) is 48.2 Å². The molecule has 2 heterocycles. The Morgan fingerprint density at radius 1 is 1.04 bits per heavy atom. The maximum Gasteiger partial charge on any atom is 0.255 e. The first-order valence-corrected chi connectivity index (χ1v) is 9.94. The van der Waals surface area contributed by atoms with Gasteiger partial charge in [-0.3, -0.25) is 9.69 Å². The van der Waals surface area contributed by atoms with Crippen molar-refractivity contribution in [1.29, 1.82) is 0 Å². The van der Waals surface area contributed by atoms with Crippen molar-refractivity contribution in [1.82, 2.24) is 9.47 Å². The molecule has 0 spiro atoms. The Hall–Kier alpha value is -2.15. The first-order chi connectivity index (χ1) is 13.2. The molecule has 0 aliphatic carbocycles. The Bertz CT molecular complexity index is 930. The molecule has 0 radical (unpaired) electrons. The van der Waals surface area contributed by atoms with Crippen LogP contribution in [0.25, 0.3) is 10.9 Å². The van der Waals surface area contributed by atoms with Crippen molar-refractivity contribution in [3.63, 3.8) is 0 Å². The lowest BCUT2D eigenvalue weighted by molar-refractivity contribution is 0.0365. The van der Waals surface area contributed by atoms with Gasteiger partial charge in [0.2, 0.25) is 0 Å². The minimum atomic E-state index is -0.103. The highest BCUT2D eigenvalue weighted by Gasteiger charge is 2.11. The molecule has 1 amide bonds. The summed E-state index contributed by atoms with van der Waals surface area (Å²) in [5, 5.41) is 4.11. The Morgan fingerprint density at radius 2 is 1.81 bits per heavy atom. The van der Waals surface area contributed by atoms with E-state index in [2.05, 4.69) is 49.0 Å². The Morgan fingerprint density at radius 3 is 2.59 bits per heavy atom. The molecule has 0 unspecified atom stereocenters. The minimum Gasteiger partial charge on any atom is -0.379 e. The molecule has 0 saturated carbocycles. The van der Waals surface area contributed by atoms with Crippen LogP contribution in [0, 0.1) is 0 Å². The highest BCUT2D eigenvalue weighted by molar-refractivity contribution is 9.10. The van der Waals surface area contributed by atoms with E-state index in [0.717, 1.165) is 54.9 Å². The summed E-state index contributed by atoms with van der Waals surface area (Å²) in [4.78, 5) is 14.8. The number of halogens is 1. The predicted molar refractivity (Wildman–Crippen MR) is 111 cm³/mol. The van der Waals surface area contributed by atoms with Crippen molar-refractivity contribution in [2.45, 2.75) is 6.54 Å². The van der Waals surface area contributed by atoms with E-state index in [4.69, 9.17) is 4.74 Å². The number of aromatic nitrogens is 1. The Balaban J connectivity index is 1.43. The third kappa shape index (κ3) is 4.40. The van der Waals surface area contributed by atoms with Crippen molar-refractivity contribution in [3.05, 3.63) is 64.8 Å². The molecule has 27 heavy (non-hydrogen) atoms. The topological polar surface area (TPSA) is 46.5 Å². The molecule has 1 N–H and O–H groups in total. The van der Waals surface area contributed by atoms with Crippen LogP contribution in [0.2, 0.25) is 0 Å². The lowest BCUT2D eigenvalue weighted by atomic mass is 10.2. The van der Waals surface area contributed by atoms with Crippen LogP contribution in [0.3, 0.4) is 0 Å². The van der Waals surface area contributed by atoms with Crippen molar-refractivity contribution < 1.29 is 9.53 Å². The summed E-state index contributed by atoms with van der Waals surface area (Å²) in [6.07, 6.45) is 2.12. The third-order valence-electron chi connectivity index (χ3n) is 4.90. The molecule has 3 aromatic rings. The summed E-state index contributed by atoms with van der Waals surface area (Å²) in [5.41, 5.74) is 2.63. The fourth-order valence-corrected chi connectivity index (χ4v) is 3.62. The highest BCUT2D eigenvalue weighted by Crippen LogP contribution is 2.21. The number of carbonyl (C=O) groups excluding carboxylic acids is 1. The Labute approximate surface area is 167 Å². The molecule has 1 fully saturated rings. The lowest BCUT2D eigenvalue weighted by Gasteiger charge is -2.26. The molecule has 1 aliphatic rings. The summed E-state index contributed by atoms with van der Waals surface area (Å²) in [7, 11) is 0. The number of rotatable bonds is 5. The number of nitrogens with zero attached hydrogens (tertiary/aromatic N) is 2. The van der Waals surface area contributed by atoms with Crippen LogP contribution in [0.1, 0.15) is 10.4 Å². The van der Waals surface area contributed by atoms with Gasteiger partial charge in [0.05, 0.1) is 13.2 Å². The van der Waals surface area contributed by atoms with Gasteiger partial charge in [-0.15, -0.1) is 0 Å². The molecule has 5 nitrogen and oxygen atoms in total. The van der Waals surface area contributed by atoms with Gasteiger partial charge in [-0.2, -0.15) is 0 Å². The number of ether oxygens (including phenoxy) is 1. The number of carbonyl (C=O) groups is 1. The number of amides is 1. The van der Waals surface area contributed by atoms with E-state index in [1.165, 1.54) is 5.52 Å². The number of fused-ring (bicyclic) bond motifs is 1.